The van der Waals surface area contributed by atoms with Gasteiger partial charge in [-0.25, -0.2) is 0 Å². The maximum atomic E-state index is 12.7. The minimum absolute atomic E-state index is 0.166. The van der Waals surface area contributed by atoms with E-state index in [4.69, 9.17) is 16.0 Å². The highest BCUT2D eigenvalue weighted by Crippen LogP contribution is 2.36. The minimum Gasteiger partial charge on any atom is -0.472 e. The Balaban J connectivity index is 2.22. The zero-order valence-electron chi connectivity index (χ0n) is 9.96. The zero-order chi connectivity index (χ0) is 14.0. The van der Waals surface area contributed by atoms with Gasteiger partial charge in [0.1, 0.15) is 0 Å². The zero-order valence-corrected chi connectivity index (χ0v) is 10.7. The SMILES string of the molecule is CC(Nc1ccc(Cl)c(C(F)(F)F)c1)c1ccoc1. The van der Waals surface area contributed by atoms with E-state index in [2.05, 4.69) is 5.32 Å². The number of alkyl halides is 3. The smallest absolute Gasteiger partial charge is 0.417 e. The predicted octanol–water partition coefficient (Wildman–Crippen LogP) is 5.12. The summed E-state index contributed by atoms with van der Waals surface area (Å²) >= 11 is 5.55. The summed E-state index contributed by atoms with van der Waals surface area (Å²) < 4.78 is 43.1. The molecule has 2 aromatic rings. The van der Waals surface area contributed by atoms with Gasteiger partial charge in [0.25, 0.3) is 0 Å². The summed E-state index contributed by atoms with van der Waals surface area (Å²) in [7, 11) is 0. The molecule has 0 aliphatic carbocycles. The quantitative estimate of drug-likeness (QED) is 0.848. The monoisotopic (exact) mass is 289 g/mol. The van der Waals surface area contributed by atoms with Crippen molar-refractivity contribution >= 4 is 17.3 Å². The molecule has 0 radical (unpaired) electrons. The normalized spacial score (nSPS) is 13.3. The number of halogens is 4. The molecule has 0 saturated carbocycles. The van der Waals surface area contributed by atoms with Gasteiger partial charge >= 0.3 is 6.18 Å². The topological polar surface area (TPSA) is 25.2 Å². The van der Waals surface area contributed by atoms with Crippen molar-refractivity contribution in [2.75, 3.05) is 5.32 Å². The molecule has 19 heavy (non-hydrogen) atoms. The Bertz CT molecular complexity index is 552. The van der Waals surface area contributed by atoms with E-state index in [0.717, 1.165) is 11.6 Å². The Morgan fingerprint density at radius 2 is 2.00 bits per heavy atom. The lowest BCUT2D eigenvalue weighted by atomic mass is 10.1. The number of hydrogen-bond donors (Lipinski definition) is 1. The molecule has 0 saturated heterocycles. The van der Waals surface area contributed by atoms with Gasteiger partial charge in [0.15, 0.2) is 0 Å². The van der Waals surface area contributed by atoms with Crippen molar-refractivity contribution < 1.29 is 17.6 Å². The first-order valence-electron chi connectivity index (χ1n) is 5.53. The molecule has 2 nitrogen and oxygen atoms in total. The first-order chi connectivity index (χ1) is 8.88. The first kappa shape index (κ1) is 13.8. The Hall–Kier alpha value is -1.62. The molecule has 1 atom stereocenters. The van der Waals surface area contributed by atoms with Gasteiger partial charge in [0.05, 0.1) is 29.2 Å². The third kappa shape index (κ3) is 3.23. The van der Waals surface area contributed by atoms with Crippen LogP contribution in [0.25, 0.3) is 0 Å². The van der Waals surface area contributed by atoms with Crippen molar-refractivity contribution in [3.8, 4) is 0 Å². The molecule has 0 bridgehead atoms. The van der Waals surface area contributed by atoms with Crippen molar-refractivity contribution in [1.82, 2.24) is 0 Å². The summed E-state index contributed by atoms with van der Waals surface area (Å²) in [6, 6.07) is 5.32. The standard InChI is InChI=1S/C13H11ClF3NO/c1-8(9-4-5-19-7-9)18-10-2-3-12(14)11(6-10)13(15,16)17/h2-8,18H,1H3. The van der Waals surface area contributed by atoms with Crippen LogP contribution in [0.4, 0.5) is 18.9 Å². The molecular formula is C13H11ClF3NO. The molecule has 1 N–H and O–H groups in total. The van der Waals surface area contributed by atoms with Crippen LogP contribution in [-0.2, 0) is 6.18 Å². The lowest BCUT2D eigenvalue weighted by Gasteiger charge is -2.16. The van der Waals surface area contributed by atoms with Crippen molar-refractivity contribution in [3.05, 3.63) is 52.9 Å². The minimum atomic E-state index is -4.46. The fraction of sp³-hybridized carbons (Fsp3) is 0.231. The van der Waals surface area contributed by atoms with E-state index < -0.39 is 11.7 Å². The number of rotatable bonds is 3. The summed E-state index contributed by atoms with van der Waals surface area (Å²) in [5.41, 5.74) is 0.354. The third-order valence-corrected chi connectivity index (χ3v) is 3.03. The molecule has 1 heterocycles. The van der Waals surface area contributed by atoms with Gasteiger partial charge in [-0.3, -0.25) is 0 Å². The maximum Gasteiger partial charge on any atom is 0.417 e. The molecule has 1 aromatic heterocycles. The molecule has 1 unspecified atom stereocenters. The van der Waals surface area contributed by atoms with Crippen LogP contribution in [-0.4, -0.2) is 0 Å². The van der Waals surface area contributed by atoms with Gasteiger partial charge in [0.2, 0.25) is 0 Å². The van der Waals surface area contributed by atoms with Crippen molar-refractivity contribution in [3.63, 3.8) is 0 Å². The highest BCUT2D eigenvalue weighted by molar-refractivity contribution is 6.31. The lowest BCUT2D eigenvalue weighted by molar-refractivity contribution is -0.137. The molecule has 0 amide bonds. The summed E-state index contributed by atoms with van der Waals surface area (Å²) in [6.07, 6.45) is -1.41. The molecule has 6 heteroatoms. The van der Waals surface area contributed by atoms with E-state index in [1.54, 1.807) is 6.07 Å². The van der Waals surface area contributed by atoms with Crippen LogP contribution in [0.1, 0.15) is 24.1 Å². The molecule has 0 spiro atoms. The second-order valence-corrected chi connectivity index (χ2v) is 4.52. The Labute approximate surface area is 113 Å². The number of nitrogens with one attached hydrogen (secondary N) is 1. The highest BCUT2D eigenvalue weighted by atomic mass is 35.5. The Kier molecular flexibility index (Phi) is 3.75. The van der Waals surface area contributed by atoms with Crippen LogP contribution in [0.15, 0.2) is 41.2 Å². The second-order valence-electron chi connectivity index (χ2n) is 4.12. The average molecular weight is 290 g/mol. The van der Waals surface area contributed by atoms with Crippen LogP contribution in [0.2, 0.25) is 5.02 Å². The first-order valence-corrected chi connectivity index (χ1v) is 5.91. The van der Waals surface area contributed by atoms with Crippen molar-refractivity contribution in [2.45, 2.75) is 19.1 Å². The van der Waals surface area contributed by atoms with E-state index in [-0.39, 0.29) is 11.1 Å². The van der Waals surface area contributed by atoms with E-state index >= 15 is 0 Å². The second kappa shape index (κ2) is 5.17. The maximum absolute atomic E-state index is 12.7. The summed E-state index contributed by atoms with van der Waals surface area (Å²) in [5.74, 6) is 0. The summed E-state index contributed by atoms with van der Waals surface area (Å²) in [6.45, 7) is 1.83. The third-order valence-electron chi connectivity index (χ3n) is 2.70. The van der Waals surface area contributed by atoms with Crippen LogP contribution >= 0.6 is 11.6 Å². The average Bonchev–Trinajstić information content (AvgIpc) is 2.83. The molecule has 0 aliphatic rings. The fourth-order valence-electron chi connectivity index (χ4n) is 1.69. The molecule has 0 aliphatic heterocycles. The lowest BCUT2D eigenvalue weighted by Crippen LogP contribution is -2.09. The molecule has 1 aromatic carbocycles. The van der Waals surface area contributed by atoms with Gasteiger partial charge in [-0.2, -0.15) is 13.2 Å². The van der Waals surface area contributed by atoms with E-state index in [9.17, 15) is 13.2 Å². The highest BCUT2D eigenvalue weighted by Gasteiger charge is 2.33. The number of anilines is 1. The van der Waals surface area contributed by atoms with Gasteiger partial charge in [0, 0.05) is 11.3 Å². The molecule has 2 rings (SSSR count). The molecule has 102 valence electrons. The fourth-order valence-corrected chi connectivity index (χ4v) is 1.91. The van der Waals surface area contributed by atoms with Crippen LogP contribution in [0.3, 0.4) is 0 Å². The van der Waals surface area contributed by atoms with Crippen molar-refractivity contribution in [1.29, 1.82) is 0 Å². The van der Waals surface area contributed by atoms with Gasteiger partial charge in [-0.15, -0.1) is 0 Å². The summed E-state index contributed by atoms with van der Waals surface area (Å²) in [4.78, 5) is 0. The number of hydrogen-bond acceptors (Lipinski definition) is 2. The molecule has 0 fully saturated rings. The van der Waals surface area contributed by atoms with E-state index in [0.29, 0.717) is 5.69 Å². The Morgan fingerprint density at radius 1 is 1.26 bits per heavy atom. The summed E-state index contributed by atoms with van der Waals surface area (Å²) in [5, 5.41) is 2.65. The van der Waals surface area contributed by atoms with Crippen LogP contribution in [0, 0.1) is 0 Å². The van der Waals surface area contributed by atoms with Crippen LogP contribution < -0.4 is 5.32 Å². The van der Waals surface area contributed by atoms with Gasteiger partial charge < -0.3 is 9.73 Å². The largest absolute Gasteiger partial charge is 0.472 e. The van der Waals surface area contributed by atoms with Crippen LogP contribution in [0.5, 0.6) is 0 Å². The predicted molar refractivity (Wildman–Crippen MR) is 67.2 cm³/mol. The molecular weight excluding hydrogens is 279 g/mol. The number of furan rings is 1. The Morgan fingerprint density at radius 3 is 2.58 bits per heavy atom. The van der Waals surface area contributed by atoms with Gasteiger partial charge in [-0.1, -0.05) is 11.6 Å². The van der Waals surface area contributed by atoms with E-state index in [1.165, 1.54) is 24.7 Å². The van der Waals surface area contributed by atoms with Gasteiger partial charge in [-0.05, 0) is 31.2 Å². The van der Waals surface area contributed by atoms with Crippen molar-refractivity contribution in [2.24, 2.45) is 0 Å². The van der Waals surface area contributed by atoms with E-state index in [1.807, 2.05) is 6.92 Å². The number of benzene rings is 1.